The summed E-state index contributed by atoms with van der Waals surface area (Å²) in [5, 5.41) is 4.17. The maximum absolute atomic E-state index is 12.6. The highest BCUT2D eigenvalue weighted by atomic mass is 35.5. The summed E-state index contributed by atoms with van der Waals surface area (Å²) in [7, 11) is 0. The molecule has 4 rings (SSSR count). The molecule has 0 fully saturated rings. The molecular weight excluding hydrogens is 354 g/mol. The normalized spacial score (nSPS) is 11.1. The van der Waals surface area contributed by atoms with Gasteiger partial charge in [-0.15, -0.1) is 11.3 Å². The summed E-state index contributed by atoms with van der Waals surface area (Å²) >= 11 is 7.56. The van der Waals surface area contributed by atoms with E-state index in [1.54, 1.807) is 40.4 Å². The second kappa shape index (κ2) is 6.78. The Morgan fingerprint density at radius 1 is 1.12 bits per heavy atom. The quantitative estimate of drug-likeness (QED) is 0.544. The van der Waals surface area contributed by atoms with Gasteiger partial charge in [0.05, 0.1) is 34.5 Å². The van der Waals surface area contributed by atoms with Crippen LogP contribution in [0.1, 0.15) is 16.3 Å². The average molecular weight is 368 g/mol. The van der Waals surface area contributed by atoms with Crippen LogP contribution in [0.25, 0.3) is 10.9 Å². The van der Waals surface area contributed by atoms with Gasteiger partial charge in [-0.05, 0) is 23.8 Å². The highest BCUT2D eigenvalue weighted by Crippen LogP contribution is 2.17. The molecule has 0 radical (unpaired) electrons. The lowest BCUT2D eigenvalue weighted by Crippen LogP contribution is -2.21. The van der Waals surface area contributed by atoms with Crippen molar-refractivity contribution in [3.63, 3.8) is 0 Å². The summed E-state index contributed by atoms with van der Waals surface area (Å²) in [4.78, 5) is 21.6. The molecule has 25 heavy (non-hydrogen) atoms. The van der Waals surface area contributed by atoms with Crippen molar-refractivity contribution in [1.29, 1.82) is 0 Å². The van der Waals surface area contributed by atoms with Gasteiger partial charge in [0.25, 0.3) is 5.56 Å². The summed E-state index contributed by atoms with van der Waals surface area (Å²) in [5.41, 5.74) is 2.62. The molecule has 4 nitrogen and oxygen atoms in total. The van der Waals surface area contributed by atoms with Gasteiger partial charge >= 0.3 is 0 Å². The van der Waals surface area contributed by atoms with E-state index in [9.17, 15) is 4.79 Å². The third-order valence-corrected chi connectivity index (χ3v) is 5.05. The van der Waals surface area contributed by atoms with Gasteiger partial charge in [-0.1, -0.05) is 41.9 Å². The second-order valence-corrected chi connectivity index (χ2v) is 7.11. The molecule has 2 aromatic heterocycles. The summed E-state index contributed by atoms with van der Waals surface area (Å²) < 4.78 is 1.58. The Bertz CT molecular complexity index is 1090. The minimum atomic E-state index is -0.0840. The van der Waals surface area contributed by atoms with E-state index in [0.29, 0.717) is 22.5 Å². The van der Waals surface area contributed by atoms with Crippen LogP contribution in [0.2, 0.25) is 5.02 Å². The van der Waals surface area contributed by atoms with Crippen molar-refractivity contribution in [3.05, 3.63) is 91.9 Å². The smallest absolute Gasteiger partial charge is 0.261 e. The molecule has 2 aromatic carbocycles. The highest BCUT2D eigenvalue weighted by molar-refractivity contribution is 7.09. The van der Waals surface area contributed by atoms with E-state index in [1.165, 1.54) is 5.56 Å². The molecule has 4 aromatic rings. The van der Waals surface area contributed by atoms with E-state index in [2.05, 4.69) is 22.1 Å². The van der Waals surface area contributed by atoms with Gasteiger partial charge in [-0.3, -0.25) is 9.36 Å². The largest absolute Gasteiger partial charge is 0.293 e. The predicted octanol–water partition coefficient (Wildman–Crippen LogP) is 4.15. The van der Waals surface area contributed by atoms with E-state index in [-0.39, 0.29) is 5.56 Å². The Kier molecular flexibility index (Phi) is 4.34. The molecule has 0 bridgehead atoms. The monoisotopic (exact) mass is 367 g/mol. The fraction of sp³-hybridized carbons (Fsp3) is 0.105. The minimum absolute atomic E-state index is 0.0840. The maximum Gasteiger partial charge on any atom is 0.261 e. The molecule has 2 heterocycles. The Morgan fingerprint density at radius 2 is 1.96 bits per heavy atom. The Morgan fingerprint density at radius 3 is 2.80 bits per heavy atom. The van der Waals surface area contributed by atoms with E-state index < -0.39 is 0 Å². The Labute approximate surface area is 153 Å². The molecular formula is C19H14ClN3OS. The van der Waals surface area contributed by atoms with E-state index in [4.69, 9.17) is 11.6 Å². The van der Waals surface area contributed by atoms with E-state index >= 15 is 0 Å². The third-order valence-electron chi connectivity index (χ3n) is 3.92. The fourth-order valence-electron chi connectivity index (χ4n) is 2.69. The van der Waals surface area contributed by atoms with Crippen molar-refractivity contribution in [2.24, 2.45) is 0 Å². The molecule has 124 valence electrons. The van der Waals surface area contributed by atoms with Crippen LogP contribution in [-0.4, -0.2) is 14.5 Å². The second-order valence-electron chi connectivity index (χ2n) is 5.73. The van der Waals surface area contributed by atoms with Crippen LogP contribution in [0, 0.1) is 0 Å². The number of fused-ring (bicyclic) bond motifs is 1. The minimum Gasteiger partial charge on any atom is -0.293 e. The van der Waals surface area contributed by atoms with Crippen LogP contribution in [0.3, 0.4) is 0 Å². The summed E-state index contributed by atoms with van der Waals surface area (Å²) in [5.74, 6) is 0. The lowest BCUT2D eigenvalue weighted by atomic mass is 10.2. The third kappa shape index (κ3) is 3.48. The van der Waals surface area contributed by atoms with Crippen molar-refractivity contribution in [2.75, 3.05) is 0 Å². The first-order valence-electron chi connectivity index (χ1n) is 7.81. The molecule has 0 aliphatic carbocycles. The molecule has 0 aliphatic rings. The van der Waals surface area contributed by atoms with Crippen LogP contribution in [-0.2, 0) is 13.0 Å². The molecule has 0 unspecified atom stereocenters. The number of rotatable bonds is 4. The maximum atomic E-state index is 12.6. The zero-order valence-electron chi connectivity index (χ0n) is 13.2. The lowest BCUT2D eigenvalue weighted by Gasteiger charge is -2.05. The number of hydrogen-bond acceptors (Lipinski definition) is 4. The average Bonchev–Trinajstić information content (AvgIpc) is 3.05. The molecule has 0 aliphatic heterocycles. The van der Waals surface area contributed by atoms with Gasteiger partial charge in [0.2, 0.25) is 0 Å². The van der Waals surface area contributed by atoms with Crippen LogP contribution in [0.4, 0.5) is 0 Å². The van der Waals surface area contributed by atoms with Gasteiger partial charge in [0.1, 0.15) is 0 Å². The molecule has 0 spiro atoms. The molecule has 0 N–H and O–H groups in total. The number of aromatic nitrogens is 3. The van der Waals surface area contributed by atoms with E-state index in [0.717, 1.165) is 17.1 Å². The van der Waals surface area contributed by atoms with Crippen molar-refractivity contribution >= 4 is 33.8 Å². The number of nitrogens with zero attached hydrogens (tertiary/aromatic N) is 3. The SMILES string of the molecule is O=c1c2ccc(Cl)cc2ncn1Cc1csc(Cc2ccccc2)n1. The highest BCUT2D eigenvalue weighted by Gasteiger charge is 2.08. The Balaban J connectivity index is 1.58. The lowest BCUT2D eigenvalue weighted by molar-refractivity contribution is 0.731. The first kappa shape index (κ1) is 16.0. The number of thiazole rings is 1. The van der Waals surface area contributed by atoms with E-state index in [1.807, 2.05) is 23.6 Å². The van der Waals surface area contributed by atoms with Gasteiger partial charge in [-0.25, -0.2) is 9.97 Å². The molecule has 0 atom stereocenters. The van der Waals surface area contributed by atoms with Crippen LogP contribution in [0.15, 0.2) is 65.0 Å². The zero-order chi connectivity index (χ0) is 17.2. The first-order chi connectivity index (χ1) is 12.2. The first-order valence-corrected chi connectivity index (χ1v) is 9.07. The molecule has 0 amide bonds. The predicted molar refractivity (Wildman–Crippen MR) is 101 cm³/mol. The van der Waals surface area contributed by atoms with Gasteiger partial charge < -0.3 is 0 Å². The topological polar surface area (TPSA) is 47.8 Å². The van der Waals surface area contributed by atoms with Crippen LogP contribution >= 0.6 is 22.9 Å². The zero-order valence-corrected chi connectivity index (χ0v) is 14.8. The molecule has 6 heteroatoms. The number of benzene rings is 2. The van der Waals surface area contributed by atoms with Crippen molar-refractivity contribution in [2.45, 2.75) is 13.0 Å². The van der Waals surface area contributed by atoms with Crippen LogP contribution < -0.4 is 5.56 Å². The van der Waals surface area contributed by atoms with Gasteiger partial charge in [-0.2, -0.15) is 0 Å². The van der Waals surface area contributed by atoms with Gasteiger partial charge in [0, 0.05) is 16.8 Å². The molecule has 0 saturated heterocycles. The van der Waals surface area contributed by atoms with Crippen molar-refractivity contribution in [3.8, 4) is 0 Å². The van der Waals surface area contributed by atoms with Crippen molar-refractivity contribution in [1.82, 2.24) is 14.5 Å². The van der Waals surface area contributed by atoms with Crippen LogP contribution in [0.5, 0.6) is 0 Å². The summed E-state index contributed by atoms with van der Waals surface area (Å²) in [6.45, 7) is 0.412. The fourth-order valence-corrected chi connectivity index (χ4v) is 3.68. The standard InChI is InChI=1S/C19H14ClN3OS/c20-14-6-7-16-17(9-14)21-12-23(19(16)24)10-15-11-25-18(22-15)8-13-4-2-1-3-5-13/h1-7,9,11-12H,8,10H2. The molecule has 0 saturated carbocycles. The summed E-state index contributed by atoms with van der Waals surface area (Å²) in [6, 6.07) is 15.3. The summed E-state index contributed by atoms with van der Waals surface area (Å²) in [6.07, 6.45) is 2.35. The Hall–Kier alpha value is -2.50. The number of halogens is 1. The van der Waals surface area contributed by atoms with Crippen molar-refractivity contribution < 1.29 is 0 Å². The van der Waals surface area contributed by atoms with Gasteiger partial charge in [0.15, 0.2) is 0 Å². The number of hydrogen-bond donors (Lipinski definition) is 0.